The van der Waals surface area contributed by atoms with Gasteiger partial charge in [-0.2, -0.15) is 0 Å². The summed E-state index contributed by atoms with van der Waals surface area (Å²) < 4.78 is 24.8. The molecule has 94 valence electrons. The second-order valence-electron chi connectivity index (χ2n) is 3.51. The molecule has 5 heteroatoms. The summed E-state index contributed by atoms with van der Waals surface area (Å²) in [6.45, 7) is 4.92. The van der Waals surface area contributed by atoms with Gasteiger partial charge in [0.15, 0.2) is 0 Å². The Hall–Kier alpha value is -1.23. The highest BCUT2D eigenvalue weighted by Gasteiger charge is 2.15. The normalized spacial score (nSPS) is 12.2. The summed E-state index contributed by atoms with van der Waals surface area (Å²) in [5.74, 6) is -0.700. The van der Waals surface area contributed by atoms with Gasteiger partial charge in [0, 0.05) is 18.0 Å². The molecule has 1 aromatic carbocycles. The Morgan fingerprint density at radius 2 is 2.00 bits per heavy atom. The Kier molecular flexibility index (Phi) is 5.28. The van der Waals surface area contributed by atoms with Gasteiger partial charge < -0.3 is 4.90 Å². The molecule has 0 radical (unpaired) electrons. The van der Waals surface area contributed by atoms with Gasteiger partial charge in [-0.15, -0.1) is 0 Å². The molecule has 0 aliphatic rings. The third-order valence-corrected chi connectivity index (χ3v) is 3.72. The van der Waals surface area contributed by atoms with Crippen LogP contribution in [0.3, 0.4) is 0 Å². The van der Waals surface area contributed by atoms with E-state index >= 15 is 0 Å². The lowest BCUT2D eigenvalue weighted by Crippen LogP contribution is -2.34. The van der Waals surface area contributed by atoms with Crippen molar-refractivity contribution in [3.8, 4) is 0 Å². The van der Waals surface area contributed by atoms with E-state index in [-0.39, 0.29) is 11.7 Å². The van der Waals surface area contributed by atoms with Gasteiger partial charge in [0.25, 0.3) is 0 Å². The minimum absolute atomic E-state index is 0.0921. The number of amides is 1. The van der Waals surface area contributed by atoms with Crippen molar-refractivity contribution >= 4 is 16.7 Å². The van der Waals surface area contributed by atoms with Crippen LogP contribution < -0.4 is 0 Å². The number of carbonyl (C=O) groups excluding carboxylic acids is 1. The molecule has 0 saturated carbocycles. The van der Waals surface area contributed by atoms with Crippen molar-refractivity contribution in [3.05, 3.63) is 30.1 Å². The van der Waals surface area contributed by atoms with Crippen LogP contribution in [0.2, 0.25) is 0 Å². The maximum Gasteiger partial charge on any atom is 0.235 e. The summed E-state index contributed by atoms with van der Waals surface area (Å²) in [4.78, 5) is 13.7. The molecule has 1 rings (SSSR count). The Balaban J connectivity index is 2.70. The van der Waals surface area contributed by atoms with Gasteiger partial charge in [0.1, 0.15) is 11.6 Å². The Bertz CT molecular complexity index is 419. The van der Waals surface area contributed by atoms with Gasteiger partial charge in [-0.05, 0) is 32.0 Å². The first-order valence-corrected chi connectivity index (χ1v) is 6.82. The van der Waals surface area contributed by atoms with Crippen LogP contribution in [0.15, 0.2) is 29.2 Å². The first kappa shape index (κ1) is 13.8. The van der Waals surface area contributed by atoms with Crippen molar-refractivity contribution in [3.63, 3.8) is 0 Å². The van der Waals surface area contributed by atoms with E-state index in [1.54, 1.807) is 11.0 Å². The van der Waals surface area contributed by atoms with E-state index in [1.807, 2.05) is 13.8 Å². The second kappa shape index (κ2) is 6.49. The average molecular weight is 257 g/mol. The molecule has 0 saturated heterocycles. The van der Waals surface area contributed by atoms with Crippen LogP contribution in [0, 0.1) is 5.82 Å². The van der Waals surface area contributed by atoms with Gasteiger partial charge in [0.2, 0.25) is 5.91 Å². The van der Waals surface area contributed by atoms with Gasteiger partial charge in [-0.25, -0.2) is 4.39 Å². The molecule has 3 nitrogen and oxygen atoms in total. The summed E-state index contributed by atoms with van der Waals surface area (Å²) in [5.41, 5.74) is 0. The molecule has 0 fully saturated rings. The SMILES string of the molecule is CCN(CC)C(=O)CS(=O)c1cccc(F)c1. The number of carbonyl (C=O) groups is 1. The molecule has 0 aromatic heterocycles. The number of rotatable bonds is 5. The maximum atomic E-state index is 12.9. The van der Waals surface area contributed by atoms with Gasteiger partial charge in [-0.3, -0.25) is 9.00 Å². The molecule has 1 atom stereocenters. The fraction of sp³-hybridized carbons (Fsp3) is 0.417. The highest BCUT2D eigenvalue weighted by atomic mass is 32.2. The number of benzene rings is 1. The molecule has 1 amide bonds. The Morgan fingerprint density at radius 3 is 2.53 bits per heavy atom. The lowest BCUT2D eigenvalue weighted by molar-refractivity contribution is -0.128. The van der Waals surface area contributed by atoms with Gasteiger partial charge >= 0.3 is 0 Å². The first-order chi connectivity index (χ1) is 8.08. The standard InChI is InChI=1S/C12H16FNO2S/c1-3-14(4-2)12(15)9-17(16)11-7-5-6-10(13)8-11/h5-8H,3-4,9H2,1-2H3. The van der Waals surface area contributed by atoms with E-state index in [0.717, 1.165) is 0 Å². The number of nitrogens with zero attached hydrogens (tertiary/aromatic N) is 1. The lowest BCUT2D eigenvalue weighted by Gasteiger charge is -2.18. The van der Waals surface area contributed by atoms with Crippen molar-refractivity contribution in [1.82, 2.24) is 4.90 Å². The van der Waals surface area contributed by atoms with Crippen LogP contribution in [-0.4, -0.2) is 33.9 Å². The highest BCUT2D eigenvalue weighted by molar-refractivity contribution is 7.85. The van der Waals surface area contributed by atoms with Crippen molar-refractivity contribution < 1.29 is 13.4 Å². The second-order valence-corrected chi connectivity index (χ2v) is 4.96. The number of halogens is 1. The van der Waals surface area contributed by atoms with Crippen LogP contribution in [0.1, 0.15) is 13.8 Å². The Morgan fingerprint density at radius 1 is 1.35 bits per heavy atom. The van der Waals surface area contributed by atoms with Crippen LogP contribution in [0.4, 0.5) is 4.39 Å². The number of hydrogen-bond acceptors (Lipinski definition) is 2. The predicted molar refractivity (Wildman–Crippen MR) is 65.6 cm³/mol. The zero-order valence-corrected chi connectivity index (χ0v) is 10.8. The minimum Gasteiger partial charge on any atom is -0.342 e. The quantitative estimate of drug-likeness (QED) is 0.806. The van der Waals surface area contributed by atoms with Crippen molar-refractivity contribution in [1.29, 1.82) is 0 Å². The molecular formula is C12H16FNO2S. The molecular weight excluding hydrogens is 241 g/mol. The van der Waals surface area contributed by atoms with Crippen LogP contribution in [0.25, 0.3) is 0 Å². The van der Waals surface area contributed by atoms with Gasteiger partial charge in [0.05, 0.1) is 10.8 Å². The first-order valence-electron chi connectivity index (χ1n) is 5.50. The molecule has 0 bridgehead atoms. The monoisotopic (exact) mass is 257 g/mol. The largest absolute Gasteiger partial charge is 0.342 e. The smallest absolute Gasteiger partial charge is 0.235 e. The van der Waals surface area contributed by atoms with E-state index in [0.29, 0.717) is 18.0 Å². The summed E-state index contributed by atoms with van der Waals surface area (Å²) in [7, 11) is -1.48. The molecule has 0 heterocycles. The molecule has 17 heavy (non-hydrogen) atoms. The minimum atomic E-state index is -1.48. The van der Waals surface area contributed by atoms with Crippen molar-refractivity contribution in [2.24, 2.45) is 0 Å². The molecule has 0 N–H and O–H groups in total. The van der Waals surface area contributed by atoms with E-state index in [9.17, 15) is 13.4 Å². The van der Waals surface area contributed by atoms with Crippen LogP contribution >= 0.6 is 0 Å². The zero-order valence-electron chi connectivity index (χ0n) is 9.98. The highest BCUT2D eigenvalue weighted by Crippen LogP contribution is 2.09. The van der Waals surface area contributed by atoms with E-state index in [1.165, 1.54) is 18.2 Å². The van der Waals surface area contributed by atoms with Crippen LogP contribution in [-0.2, 0) is 15.6 Å². The molecule has 1 unspecified atom stereocenters. The van der Waals surface area contributed by atoms with Crippen molar-refractivity contribution in [2.45, 2.75) is 18.7 Å². The molecule has 1 aromatic rings. The lowest BCUT2D eigenvalue weighted by atomic mass is 10.4. The fourth-order valence-electron chi connectivity index (χ4n) is 1.47. The average Bonchev–Trinajstić information content (AvgIpc) is 2.30. The third kappa shape index (κ3) is 3.93. The van der Waals surface area contributed by atoms with E-state index < -0.39 is 16.6 Å². The summed E-state index contributed by atoms with van der Waals surface area (Å²) in [6, 6.07) is 5.54. The zero-order chi connectivity index (χ0) is 12.8. The summed E-state index contributed by atoms with van der Waals surface area (Å²) >= 11 is 0. The van der Waals surface area contributed by atoms with Crippen LogP contribution in [0.5, 0.6) is 0 Å². The molecule has 0 aliphatic carbocycles. The summed E-state index contributed by atoms with van der Waals surface area (Å²) in [6.07, 6.45) is 0. The third-order valence-electron chi connectivity index (χ3n) is 2.43. The fourth-order valence-corrected chi connectivity index (χ4v) is 2.52. The topological polar surface area (TPSA) is 37.4 Å². The van der Waals surface area contributed by atoms with E-state index in [2.05, 4.69) is 0 Å². The van der Waals surface area contributed by atoms with Crippen molar-refractivity contribution in [2.75, 3.05) is 18.8 Å². The number of hydrogen-bond donors (Lipinski definition) is 0. The maximum absolute atomic E-state index is 12.9. The Labute approximate surface area is 103 Å². The predicted octanol–water partition coefficient (Wildman–Crippen LogP) is 1.80. The molecule has 0 aliphatic heterocycles. The van der Waals surface area contributed by atoms with Gasteiger partial charge in [-0.1, -0.05) is 6.07 Å². The molecule has 0 spiro atoms. The summed E-state index contributed by atoms with van der Waals surface area (Å²) in [5, 5.41) is 0. The van der Waals surface area contributed by atoms with E-state index in [4.69, 9.17) is 0 Å².